The summed E-state index contributed by atoms with van der Waals surface area (Å²) >= 11 is 0. The number of nitrogens with zero attached hydrogens (tertiary/aromatic N) is 1. The molecule has 0 aliphatic heterocycles. The normalized spacial score (nSPS) is 10.7. The molecule has 0 saturated carbocycles. The largest absolute Gasteiger partial charge is 0.508 e. The molecule has 76 valence electrons. The Morgan fingerprint density at radius 1 is 1.40 bits per heavy atom. The predicted molar refractivity (Wildman–Crippen MR) is 51.0 cm³/mol. The van der Waals surface area contributed by atoms with Crippen LogP contribution in [0.5, 0.6) is 11.5 Å². The Labute approximate surface area is 85.1 Å². The van der Waals surface area contributed by atoms with E-state index in [1.54, 1.807) is 0 Å². The second-order valence-corrected chi connectivity index (χ2v) is 2.72. The minimum atomic E-state index is -1.39. The average molecular weight is 205 g/mol. The van der Waals surface area contributed by atoms with Gasteiger partial charge in [-0.25, -0.2) is 4.79 Å². The zero-order valence-corrected chi connectivity index (χ0v) is 7.51. The maximum Gasteiger partial charge on any atom is 0.346 e. The van der Waals surface area contributed by atoms with Crippen LogP contribution in [0.25, 0.3) is 6.08 Å². The quantitative estimate of drug-likeness (QED) is 0.381. The Balaban J connectivity index is 3.23. The fourth-order valence-electron chi connectivity index (χ4n) is 0.955. The van der Waals surface area contributed by atoms with E-state index in [-0.39, 0.29) is 17.1 Å². The summed E-state index contributed by atoms with van der Waals surface area (Å²) in [6, 6.07) is 5.08. The van der Waals surface area contributed by atoms with Crippen molar-refractivity contribution in [1.29, 1.82) is 5.26 Å². The molecular weight excluding hydrogens is 198 g/mol. The molecule has 5 heteroatoms. The first kappa shape index (κ1) is 10.6. The molecule has 0 unspecified atom stereocenters. The molecule has 0 atom stereocenters. The number of aromatic hydroxyl groups is 2. The predicted octanol–water partition coefficient (Wildman–Crippen LogP) is 1.09. The minimum absolute atomic E-state index is 0.0777. The lowest BCUT2D eigenvalue weighted by Crippen LogP contribution is -1.97. The van der Waals surface area contributed by atoms with Crippen molar-refractivity contribution in [2.45, 2.75) is 0 Å². The summed E-state index contributed by atoms with van der Waals surface area (Å²) in [7, 11) is 0. The van der Waals surface area contributed by atoms with Crippen molar-refractivity contribution in [3.63, 3.8) is 0 Å². The number of hydrogen-bond donors (Lipinski definition) is 3. The molecule has 5 nitrogen and oxygen atoms in total. The fourth-order valence-corrected chi connectivity index (χ4v) is 0.955. The van der Waals surface area contributed by atoms with E-state index in [1.807, 2.05) is 0 Å². The lowest BCUT2D eigenvalue weighted by atomic mass is 10.1. The molecule has 0 aliphatic carbocycles. The monoisotopic (exact) mass is 205 g/mol. The summed E-state index contributed by atoms with van der Waals surface area (Å²) in [4.78, 5) is 10.5. The molecule has 0 bridgehead atoms. The van der Waals surface area contributed by atoms with Crippen molar-refractivity contribution in [2.75, 3.05) is 0 Å². The van der Waals surface area contributed by atoms with Gasteiger partial charge >= 0.3 is 5.97 Å². The number of phenolic OH excluding ortho intramolecular Hbond substituents is 2. The lowest BCUT2D eigenvalue weighted by molar-refractivity contribution is -0.132. The van der Waals surface area contributed by atoms with Crippen LogP contribution in [0.15, 0.2) is 23.8 Å². The van der Waals surface area contributed by atoms with E-state index in [0.29, 0.717) is 0 Å². The first-order valence-electron chi connectivity index (χ1n) is 3.91. The lowest BCUT2D eigenvalue weighted by Gasteiger charge is -1.99. The number of hydrogen-bond acceptors (Lipinski definition) is 4. The number of phenols is 2. The maximum absolute atomic E-state index is 10.5. The van der Waals surface area contributed by atoms with Gasteiger partial charge in [0, 0.05) is 5.56 Å². The molecular formula is C10H7NO4. The number of carboxylic acids is 1. The molecule has 15 heavy (non-hydrogen) atoms. The summed E-state index contributed by atoms with van der Waals surface area (Å²) in [5.41, 5.74) is -0.440. The molecule has 0 fully saturated rings. The Morgan fingerprint density at radius 3 is 2.60 bits per heavy atom. The highest BCUT2D eigenvalue weighted by atomic mass is 16.4. The van der Waals surface area contributed by atoms with Crippen molar-refractivity contribution in [2.24, 2.45) is 0 Å². The SMILES string of the molecule is N#C/C(=C/c1cc(O)ccc1O)C(=O)O. The van der Waals surface area contributed by atoms with Gasteiger partial charge in [0.1, 0.15) is 23.1 Å². The highest BCUT2D eigenvalue weighted by Crippen LogP contribution is 2.24. The van der Waals surface area contributed by atoms with E-state index in [4.69, 9.17) is 15.5 Å². The summed E-state index contributed by atoms with van der Waals surface area (Å²) in [6.07, 6.45) is 0.984. The van der Waals surface area contributed by atoms with Crippen LogP contribution in [0.2, 0.25) is 0 Å². The van der Waals surface area contributed by atoms with E-state index in [9.17, 15) is 9.90 Å². The van der Waals surface area contributed by atoms with Crippen LogP contribution in [0.1, 0.15) is 5.56 Å². The summed E-state index contributed by atoms with van der Waals surface area (Å²) in [5.74, 6) is -1.72. The first-order chi connectivity index (χ1) is 7.04. The van der Waals surface area contributed by atoms with Crippen molar-refractivity contribution in [3.8, 4) is 17.6 Å². The highest BCUT2D eigenvalue weighted by molar-refractivity contribution is 5.96. The number of benzene rings is 1. The number of nitriles is 1. The van der Waals surface area contributed by atoms with Crippen LogP contribution in [-0.4, -0.2) is 21.3 Å². The highest BCUT2D eigenvalue weighted by Gasteiger charge is 2.08. The van der Waals surface area contributed by atoms with Gasteiger partial charge in [-0.3, -0.25) is 0 Å². The van der Waals surface area contributed by atoms with Crippen LogP contribution in [0, 0.1) is 11.3 Å². The van der Waals surface area contributed by atoms with Gasteiger partial charge in [0.05, 0.1) is 0 Å². The Bertz CT molecular complexity index is 471. The standard InChI is InChI=1S/C10H7NO4/c11-5-7(10(14)15)3-6-4-8(12)1-2-9(6)13/h1-4,12-13H,(H,14,15)/b7-3-. The summed E-state index contributed by atoms with van der Waals surface area (Å²) in [5, 5.41) is 35.4. The van der Waals surface area contributed by atoms with Crippen molar-refractivity contribution in [1.82, 2.24) is 0 Å². The third kappa shape index (κ3) is 2.48. The van der Waals surface area contributed by atoms with Gasteiger partial charge in [0.25, 0.3) is 0 Å². The third-order valence-corrected chi connectivity index (χ3v) is 1.66. The Hall–Kier alpha value is -2.48. The average Bonchev–Trinajstić information content (AvgIpc) is 2.18. The second kappa shape index (κ2) is 4.15. The molecule has 0 aromatic heterocycles. The number of carbonyl (C=O) groups is 1. The van der Waals surface area contributed by atoms with Gasteiger partial charge in [-0.15, -0.1) is 0 Å². The molecule has 1 aromatic carbocycles. The maximum atomic E-state index is 10.5. The van der Waals surface area contributed by atoms with Gasteiger partial charge in [0.15, 0.2) is 0 Å². The van der Waals surface area contributed by atoms with Gasteiger partial charge in [-0.2, -0.15) is 5.26 Å². The smallest absolute Gasteiger partial charge is 0.346 e. The molecule has 0 radical (unpaired) electrons. The molecule has 0 spiro atoms. The molecule has 0 amide bonds. The molecule has 0 heterocycles. The van der Waals surface area contributed by atoms with E-state index in [0.717, 1.165) is 12.1 Å². The first-order valence-corrected chi connectivity index (χ1v) is 3.91. The minimum Gasteiger partial charge on any atom is -0.508 e. The summed E-state index contributed by atoms with van der Waals surface area (Å²) in [6.45, 7) is 0. The second-order valence-electron chi connectivity index (χ2n) is 2.72. The zero-order chi connectivity index (χ0) is 11.4. The van der Waals surface area contributed by atoms with E-state index in [2.05, 4.69) is 0 Å². The van der Waals surface area contributed by atoms with Gasteiger partial charge in [-0.05, 0) is 24.3 Å². The number of aliphatic carboxylic acids is 1. The summed E-state index contributed by atoms with van der Waals surface area (Å²) < 4.78 is 0. The fraction of sp³-hybridized carbons (Fsp3) is 0. The van der Waals surface area contributed by atoms with Crippen LogP contribution >= 0.6 is 0 Å². The van der Waals surface area contributed by atoms with Gasteiger partial charge in [-0.1, -0.05) is 0 Å². The molecule has 0 saturated heterocycles. The molecule has 1 aromatic rings. The van der Waals surface area contributed by atoms with Crippen molar-refractivity contribution >= 4 is 12.0 Å². The van der Waals surface area contributed by atoms with Crippen LogP contribution < -0.4 is 0 Å². The van der Waals surface area contributed by atoms with Crippen LogP contribution in [-0.2, 0) is 4.79 Å². The molecule has 3 N–H and O–H groups in total. The number of rotatable bonds is 2. The molecule has 1 rings (SSSR count). The van der Waals surface area contributed by atoms with Crippen molar-refractivity contribution < 1.29 is 20.1 Å². The van der Waals surface area contributed by atoms with E-state index in [1.165, 1.54) is 18.2 Å². The van der Waals surface area contributed by atoms with Gasteiger partial charge < -0.3 is 15.3 Å². The van der Waals surface area contributed by atoms with Crippen LogP contribution in [0.3, 0.4) is 0 Å². The Kier molecular flexibility index (Phi) is 2.94. The zero-order valence-electron chi connectivity index (χ0n) is 7.51. The van der Waals surface area contributed by atoms with Crippen LogP contribution in [0.4, 0.5) is 0 Å². The molecule has 0 aliphatic rings. The van der Waals surface area contributed by atoms with E-state index < -0.39 is 11.5 Å². The van der Waals surface area contributed by atoms with Gasteiger partial charge in [0.2, 0.25) is 0 Å². The third-order valence-electron chi connectivity index (χ3n) is 1.66. The Morgan fingerprint density at radius 2 is 2.07 bits per heavy atom. The van der Waals surface area contributed by atoms with E-state index >= 15 is 0 Å². The van der Waals surface area contributed by atoms with Crippen molar-refractivity contribution in [3.05, 3.63) is 29.3 Å². The topological polar surface area (TPSA) is 102 Å². The number of carboxylic acid groups (broad SMARTS) is 1.